The summed E-state index contributed by atoms with van der Waals surface area (Å²) in [7, 11) is 2.21. The number of benzene rings is 1. The summed E-state index contributed by atoms with van der Waals surface area (Å²) in [6.07, 6.45) is 3.02. The van der Waals surface area contributed by atoms with Crippen molar-refractivity contribution >= 4 is 0 Å². The van der Waals surface area contributed by atoms with Crippen molar-refractivity contribution in [3.05, 3.63) is 41.5 Å². The standard InChI is InChI=1S/C22H35N5/c1-17(2)16-21-23-22(27(24-21)20-9-7-6-8-18(20)3)11-10-19(4)26-14-12-25(5)13-15-26/h6-9,17,19H,10-16H2,1-5H3. The minimum absolute atomic E-state index is 0.565. The van der Waals surface area contributed by atoms with Gasteiger partial charge in [0, 0.05) is 45.1 Å². The van der Waals surface area contributed by atoms with Crippen LogP contribution in [0.2, 0.25) is 0 Å². The van der Waals surface area contributed by atoms with Gasteiger partial charge in [-0.1, -0.05) is 32.0 Å². The molecule has 1 aliphatic rings. The highest BCUT2D eigenvalue weighted by atomic mass is 15.4. The summed E-state index contributed by atoms with van der Waals surface area (Å²) in [6, 6.07) is 9.05. The number of piperazine rings is 1. The van der Waals surface area contributed by atoms with Crippen molar-refractivity contribution in [3.8, 4) is 5.69 Å². The van der Waals surface area contributed by atoms with Gasteiger partial charge in [0.1, 0.15) is 5.82 Å². The fraction of sp³-hybridized carbons (Fsp3) is 0.636. The molecule has 1 aromatic carbocycles. The molecule has 2 aromatic rings. The monoisotopic (exact) mass is 369 g/mol. The zero-order valence-electron chi connectivity index (χ0n) is 17.6. The molecular formula is C22H35N5. The Hall–Kier alpha value is -1.72. The minimum atomic E-state index is 0.565. The van der Waals surface area contributed by atoms with E-state index >= 15 is 0 Å². The van der Waals surface area contributed by atoms with Gasteiger partial charge >= 0.3 is 0 Å². The van der Waals surface area contributed by atoms with E-state index in [1.165, 1.54) is 31.7 Å². The lowest BCUT2D eigenvalue weighted by Crippen LogP contribution is -2.48. The molecule has 3 rings (SSSR count). The molecule has 0 saturated carbocycles. The van der Waals surface area contributed by atoms with Crippen LogP contribution in [-0.2, 0) is 12.8 Å². The molecule has 0 amide bonds. The van der Waals surface area contributed by atoms with Crippen LogP contribution in [0.5, 0.6) is 0 Å². The first kappa shape index (κ1) is 20.0. The van der Waals surface area contributed by atoms with Crippen molar-refractivity contribution in [2.24, 2.45) is 5.92 Å². The first-order chi connectivity index (χ1) is 12.9. The molecule has 1 fully saturated rings. The minimum Gasteiger partial charge on any atom is -0.304 e. The maximum atomic E-state index is 4.92. The van der Waals surface area contributed by atoms with Crippen LogP contribution < -0.4 is 0 Å². The lowest BCUT2D eigenvalue weighted by atomic mass is 10.1. The lowest BCUT2D eigenvalue weighted by molar-refractivity contribution is 0.114. The SMILES string of the molecule is Cc1ccccc1-n1nc(CC(C)C)nc1CCC(C)N1CCN(C)CC1. The zero-order valence-corrected chi connectivity index (χ0v) is 17.6. The first-order valence-electron chi connectivity index (χ1n) is 10.4. The number of aromatic nitrogens is 3. The average molecular weight is 370 g/mol. The number of likely N-dealkylation sites (N-methyl/N-ethyl adjacent to an activating group) is 1. The van der Waals surface area contributed by atoms with Gasteiger partial charge in [0.2, 0.25) is 0 Å². The highest BCUT2D eigenvalue weighted by molar-refractivity contribution is 5.39. The number of nitrogens with zero attached hydrogens (tertiary/aromatic N) is 5. The number of para-hydroxylation sites is 1. The normalized spacial score (nSPS) is 17.6. The van der Waals surface area contributed by atoms with Crippen LogP contribution in [0, 0.1) is 12.8 Å². The fourth-order valence-corrected chi connectivity index (χ4v) is 3.78. The van der Waals surface area contributed by atoms with Gasteiger partial charge in [-0.15, -0.1) is 0 Å². The van der Waals surface area contributed by atoms with Crippen molar-refractivity contribution < 1.29 is 0 Å². The van der Waals surface area contributed by atoms with Crippen LogP contribution in [0.25, 0.3) is 5.69 Å². The van der Waals surface area contributed by atoms with Crippen molar-refractivity contribution in [1.82, 2.24) is 24.6 Å². The zero-order chi connectivity index (χ0) is 19.4. The van der Waals surface area contributed by atoms with Crippen LogP contribution in [0.3, 0.4) is 0 Å². The van der Waals surface area contributed by atoms with E-state index < -0.39 is 0 Å². The quantitative estimate of drug-likeness (QED) is 0.750. The Morgan fingerprint density at radius 1 is 1.04 bits per heavy atom. The molecule has 0 bridgehead atoms. The summed E-state index contributed by atoms with van der Waals surface area (Å²) in [6.45, 7) is 13.6. The predicted molar refractivity (Wildman–Crippen MR) is 111 cm³/mol. The molecule has 1 unspecified atom stereocenters. The van der Waals surface area contributed by atoms with E-state index in [2.05, 4.69) is 73.5 Å². The van der Waals surface area contributed by atoms with E-state index in [9.17, 15) is 0 Å². The third kappa shape index (κ3) is 5.17. The van der Waals surface area contributed by atoms with Crippen LogP contribution in [0.15, 0.2) is 24.3 Å². The third-order valence-corrected chi connectivity index (χ3v) is 5.60. The maximum Gasteiger partial charge on any atom is 0.151 e. The van der Waals surface area contributed by atoms with E-state index in [-0.39, 0.29) is 0 Å². The molecule has 27 heavy (non-hydrogen) atoms. The molecule has 0 N–H and O–H groups in total. The van der Waals surface area contributed by atoms with Gasteiger partial charge in [-0.2, -0.15) is 5.10 Å². The molecule has 0 aliphatic carbocycles. The second-order valence-corrected chi connectivity index (χ2v) is 8.47. The van der Waals surface area contributed by atoms with E-state index in [1.54, 1.807) is 0 Å². The van der Waals surface area contributed by atoms with E-state index in [0.717, 1.165) is 36.6 Å². The Morgan fingerprint density at radius 3 is 2.41 bits per heavy atom. The molecule has 1 atom stereocenters. The van der Waals surface area contributed by atoms with Gasteiger partial charge in [-0.3, -0.25) is 4.90 Å². The van der Waals surface area contributed by atoms with Crippen LogP contribution in [-0.4, -0.2) is 63.8 Å². The molecule has 1 saturated heterocycles. The molecule has 5 nitrogen and oxygen atoms in total. The summed E-state index contributed by atoms with van der Waals surface area (Å²) in [5.41, 5.74) is 2.40. The fourth-order valence-electron chi connectivity index (χ4n) is 3.78. The second kappa shape index (κ2) is 8.98. The Bertz CT molecular complexity index is 728. The number of hydrogen-bond acceptors (Lipinski definition) is 4. The highest BCUT2D eigenvalue weighted by Crippen LogP contribution is 2.18. The molecule has 5 heteroatoms. The summed E-state index contributed by atoms with van der Waals surface area (Å²) >= 11 is 0. The van der Waals surface area contributed by atoms with Gasteiger partial charge in [0.25, 0.3) is 0 Å². The summed E-state index contributed by atoms with van der Waals surface area (Å²) in [5.74, 6) is 2.63. The Kier molecular flexibility index (Phi) is 6.66. The van der Waals surface area contributed by atoms with Gasteiger partial charge in [-0.25, -0.2) is 9.67 Å². The largest absolute Gasteiger partial charge is 0.304 e. The first-order valence-corrected chi connectivity index (χ1v) is 10.4. The predicted octanol–water partition coefficient (Wildman–Crippen LogP) is 3.34. The number of aryl methyl sites for hydroxylation is 2. The van der Waals surface area contributed by atoms with Crippen molar-refractivity contribution in [2.75, 3.05) is 33.2 Å². The highest BCUT2D eigenvalue weighted by Gasteiger charge is 2.21. The van der Waals surface area contributed by atoms with Crippen molar-refractivity contribution in [2.45, 2.75) is 53.0 Å². The van der Waals surface area contributed by atoms with Crippen LogP contribution in [0.4, 0.5) is 0 Å². The molecule has 2 heterocycles. The lowest BCUT2D eigenvalue weighted by Gasteiger charge is -2.36. The van der Waals surface area contributed by atoms with Gasteiger partial charge < -0.3 is 4.90 Å². The third-order valence-electron chi connectivity index (χ3n) is 5.60. The Balaban J connectivity index is 1.75. The van der Waals surface area contributed by atoms with E-state index in [1.807, 2.05) is 0 Å². The van der Waals surface area contributed by atoms with Gasteiger partial charge in [0.15, 0.2) is 5.82 Å². The molecule has 1 aliphatic heterocycles. The smallest absolute Gasteiger partial charge is 0.151 e. The molecule has 0 spiro atoms. The molecule has 1 aromatic heterocycles. The van der Waals surface area contributed by atoms with Crippen LogP contribution >= 0.6 is 0 Å². The second-order valence-electron chi connectivity index (χ2n) is 8.47. The summed E-state index contributed by atoms with van der Waals surface area (Å²) in [5, 5.41) is 4.87. The van der Waals surface area contributed by atoms with Gasteiger partial charge in [0.05, 0.1) is 5.69 Å². The molecule has 148 valence electrons. The summed E-state index contributed by atoms with van der Waals surface area (Å²) < 4.78 is 2.09. The summed E-state index contributed by atoms with van der Waals surface area (Å²) in [4.78, 5) is 9.95. The molecular weight excluding hydrogens is 334 g/mol. The van der Waals surface area contributed by atoms with E-state index in [4.69, 9.17) is 10.1 Å². The van der Waals surface area contributed by atoms with Gasteiger partial charge in [-0.05, 0) is 44.9 Å². The van der Waals surface area contributed by atoms with Crippen molar-refractivity contribution in [1.29, 1.82) is 0 Å². The average Bonchev–Trinajstić information content (AvgIpc) is 3.02. The molecule has 0 radical (unpaired) electrons. The number of rotatable bonds is 7. The van der Waals surface area contributed by atoms with Crippen LogP contribution in [0.1, 0.15) is 44.4 Å². The Morgan fingerprint density at radius 2 is 1.74 bits per heavy atom. The Labute approximate surface area is 164 Å². The topological polar surface area (TPSA) is 37.2 Å². The number of hydrogen-bond donors (Lipinski definition) is 0. The maximum absolute atomic E-state index is 4.92. The van der Waals surface area contributed by atoms with Crippen molar-refractivity contribution in [3.63, 3.8) is 0 Å². The van der Waals surface area contributed by atoms with E-state index in [0.29, 0.717) is 12.0 Å².